The molecule has 162 valence electrons. The highest BCUT2D eigenvalue weighted by Crippen LogP contribution is 2.43. The van der Waals surface area contributed by atoms with Crippen LogP contribution in [-0.2, 0) is 10.9 Å². The molecule has 2 aliphatic rings. The Bertz CT molecular complexity index is 787. The number of halogens is 4. The number of carbonyl (C=O) groups excluding carboxylic acids is 1. The summed E-state index contributed by atoms with van der Waals surface area (Å²) >= 11 is 5.66. The fourth-order valence-corrected chi connectivity index (χ4v) is 4.25. The third-order valence-corrected chi connectivity index (χ3v) is 5.75. The molecule has 1 aromatic heterocycles. The van der Waals surface area contributed by atoms with Gasteiger partial charge in [0.1, 0.15) is 5.60 Å². The largest absolute Gasteiger partial charge is 0.444 e. The molecular weight excluding hydrogens is 409 g/mol. The molecule has 3 rings (SSSR count). The van der Waals surface area contributed by atoms with E-state index in [-0.39, 0.29) is 17.3 Å². The number of piperidine rings is 1. The molecule has 2 saturated heterocycles. The van der Waals surface area contributed by atoms with Gasteiger partial charge in [0.15, 0.2) is 16.7 Å². The molecule has 6 nitrogen and oxygen atoms in total. The molecule has 0 atom stereocenters. The first kappa shape index (κ1) is 21.9. The summed E-state index contributed by atoms with van der Waals surface area (Å²) < 4.78 is 45.0. The standard InChI is InChI=1S/C19H26ClF3N4O2/c1-12-15(25-13(14(20)24-12)19(21,22)23)27-10-7-18(11-27)5-8-26(9-6-18)16(28)29-17(2,3)4/h5-11H2,1-4H3. The van der Waals surface area contributed by atoms with Crippen LogP contribution in [0.2, 0.25) is 5.15 Å². The molecule has 1 spiro atoms. The molecular formula is C19H26ClF3N4O2. The van der Waals surface area contributed by atoms with E-state index in [0.29, 0.717) is 31.9 Å². The Morgan fingerprint density at radius 2 is 1.69 bits per heavy atom. The van der Waals surface area contributed by atoms with Crippen LogP contribution in [0.4, 0.5) is 23.8 Å². The summed E-state index contributed by atoms with van der Waals surface area (Å²) in [5, 5.41) is -0.627. The number of alkyl halides is 3. The van der Waals surface area contributed by atoms with Gasteiger partial charge in [-0.1, -0.05) is 11.6 Å². The summed E-state index contributed by atoms with van der Waals surface area (Å²) in [5.41, 5.74) is -1.37. The van der Waals surface area contributed by atoms with E-state index in [4.69, 9.17) is 16.3 Å². The van der Waals surface area contributed by atoms with Crippen molar-refractivity contribution >= 4 is 23.5 Å². The number of hydrogen-bond donors (Lipinski definition) is 0. The fraction of sp³-hybridized carbons (Fsp3) is 0.737. The first-order valence-corrected chi connectivity index (χ1v) is 10.0. The van der Waals surface area contributed by atoms with Crippen molar-refractivity contribution in [2.24, 2.45) is 5.41 Å². The molecule has 0 aliphatic carbocycles. The second-order valence-corrected chi connectivity index (χ2v) is 9.27. The van der Waals surface area contributed by atoms with Gasteiger partial charge in [-0.2, -0.15) is 13.2 Å². The third-order valence-electron chi connectivity index (χ3n) is 5.48. The van der Waals surface area contributed by atoms with Gasteiger partial charge in [0.25, 0.3) is 0 Å². The van der Waals surface area contributed by atoms with Crippen LogP contribution in [-0.4, -0.2) is 52.7 Å². The smallest absolute Gasteiger partial charge is 0.436 e. The van der Waals surface area contributed by atoms with Gasteiger partial charge < -0.3 is 14.5 Å². The zero-order valence-corrected chi connectivity index (χ0v) is 17.8. The van der Waals surface area contributed by atoms with Gasteiger partial charge in [0.05, 0.1) is 5.69 Å². The zero-order chi connectivity index (χ0) is 21.6. The van der Waals surface area contributed by atoms with E-state index < -0.39 is 22.6 Å². The number of rotatable bonds is 1. The van der Waals surface area contributed by atoms with Crippen LogP contribution >= 0.6 is 11.6 Å². The first-order chi connectivity index (χ1) is 13.3. The van der Waals surface area contributed by atoms with Crippen molar-refractivity contribution in [2.75, 3.05) is 31.1 Å². The van der Waals surface area contributed by atoms with Gasteiger partial charge in [-0.05, 0) is 52.4 Å². The fourth-order valence-electron chi connectivity index (χ4n) is 3.98. The third kappa shape index (κ3) is 4.87. The highest BCUT2D eigenvalue weighted by molar-refractivity contribution is 6.30. The first-order valence-electron chi connectivity index (χ1n) is 9.64. The number of nitrogens with zero attached hydrogens (tertiary/aromatic N) is 4. The molecule has 0 radical (unpaired) electrons. The van der Waals surface area contributed by atoms with Crippen molar-refractivity contribution in [2.45, 2.75) is 58.7 Å². The molecule has 1 amide bonds. The van der Waals surface area contributed by atoms with E-state index in [1.54, 1.807) is 11.8 Å². The van der Waals surface area contributed by atoms with Crippen LogP contribution in [0.5, 0.6) is 0 Å². The maximum absolute atomic E-state index is 13.2. The van der Waals surface area contributed by atoms with E-state index in [1.807, 2.05) is 25.7 Å². The van der Waals surface area contributed by atoms with Gasteiger partial charge in [-0.15, -0.1) is 0 Å². The van der Waals surface area contributed by atoms with Crippen LogP contribution in [0, 0.1) is 12.3 Å². The molecule has 3 heterocycles. The lowest BCUT2D eigenvalue weighted by molar-refractivity contribution is -0.141. The summed E-state index contributed by atoms with van der Waals surface area (Å²) in [6, 6.07) is 0. The molecule has 0 saturated carbocycles. The van der Waals surface area contributed by atoms with Crippen LogP contribution in [0.15, 0.2) is 0 Å². The molecule has 2 aliphatic heterocycles. The number of hydrogen-bond acceptors (Lipinski definition) is 5. The predicted octanol–water partition coefficient (Wildman–Crippen LogP) is 4.68. The van der Waals surface area contributed by atoms with E-state index in [1.165, 1.54) is 0 Å². The Balaban J connectivity index is 1.69. The molecule has 2 fully saturated rings. The lowest BCUT2D eigenvalue weighted by Crippen LogP contribution is -2.46. The maximum Gasteiger partial charge on any atom is 0.436 e. The van der Waals surface area contributed by atoms with E-state index in [2.05, 4.69) is 9.97 Å². The number of aryl methyl sites for hydroxylation is 1. The van der Waals surface area contributed by atoms with E-state index in [0.717, 1.165) is 19.3 Å². The Hall–Kier alpha value is -1.77. The Morgan fingerprint density at radius 1 is 1.10 bits per heavy atom. The Labute approximate surface area is 173 Å². The predicted molar refractivity (Wildman–Crippen MR) is 103 cm³/mol. The SMILES string of the molecule is Cc1nc(Cl)c(C(F)(F)F)nc1N1CCC2(CCN(C(=O)OC(C)(C)C)CC2)C1. The minimum atomic E-state index is -4.65. The van der Waals surface area contributed by atoms with Gasteiger partial charge in [0, 0.05) is 26.2 Å². The van der Waals surface area contributed by atoms with Crippen molar-refractivity contribution in [1.82, 2.24) is 14.9 Å². The molecule has 0 N–H and O–H groups in total. The number of carbonyl (C=O) groups is 1. The van der Waals surface area contributed by atoms with Crippen LogP contribution < -0.4 is 4.90 Å². The Kier molecular flexibility index (Phi) is 5.66. The lowest BCUT2D eigenvalue weighted by Gasteiger charge is -2.39. The Morgan fingerprint density at radius 3 is 2.24 bits per heavy atom. The molecule has 10 heteroatoms. The molecule has 29 heavy (non-hydrogen) atoms. The summed E-state index contributed by atoms with van der Waals surface area (Å²) in [6.07, 6.45) is -2.59. The maximum atomic E-state index is 13.2. The number of amides is 1. The highest BCUT2D eigenvalue weighted by Gasteiger charge is 2.44. The minimum absolute atomic E-state index is 0.0509. The van der Waals surface area contributed by atoms with Crippen molar-refractivity contribution in [3.63, 3.8) is 0 Å². The van der Waals surface area contributed by atoms with Crippen molar-refractivity contribution in [1.29, 1.82) is 0 Å². The monoisotopic (exact) mass is 434 g/mol. The van der Waals surface area contributed by atoms with Gasteiger partial charge in [-0.3, -0.25) is 0 Å². The second kappa shape index (κ2) is 7.49. The topological polar surface area (TPSA) is 58.6 Å². The van der Waals surface area contributed by atoms with Crippen LogP contribution in [0.3, 0.4) is 0 Å². The molecule has 0 unspecified atom stereocenters. The summed E-state index contributed by atoms with van der Waals surface area (Å²) in [4.78, 5) is 23.5. The zero-order valence-electron chi connectivity index (χ0n) is 17.1. The average Bonchev–Trinajstić information content (AvgIpc) is 2.96. The van der Waals surface area contributed by atoms with Crippen molar-refractivity contribution in [3.8, 4) is 0 Å². The summed E-state index contributed by atoms with van der Waals surface area (Å²) in [5.74, 6) is 0.230. The summed E-state index contributed by atoms with van der Waals surface area (Å²) in [7, 11) is 0. The quantitative estimate of drug-likeness (QED) is 0.642. The van der Waals surface area contributed by atoms with Crippen molar-refractivity contribution in [3.05, 3.63) is 16.5 Å². The van der Waals surface area contributed by atoms with Crippen molar-refractivity contribution < 1.29 is 22.7 Å². The van der Waals surface area contributed by atoms with E-state index in [9.17, 15) is 18.0 Å². The van der Waals surface area contributed by atoms with Crippen LogP contribution in [0.1, 0.15) is 51.4 Å². The lowest BCUT2D eigenvalue weighted by atomic mass is 9.78. The molecule has 0 aromatic carbocycles. The summed E-state index contributed by atoms with van der Waals surface area (Å²) in [6.45, 7) is 9.43. The number of likely N-dealkylation sites (tertiary alicyclic amines) is 1. The normalized spacial score (nSPS) is 19.7. The number of anilines is 1. The number of ether oxygens (including phenoxy) is 1. The minimum Gasteiger partial charge on any atom is -0.444 e. The average molecular weight is 435 g/mol. The second-order valence-electron chi connectivity index (χ2n) is 8.91. The number of aromatic nitrogens is 2. The van der Waals surface area contributed by atoms with Gasteiger partial charge in [-0.25, -0.2) is 14.8 Å². The molecule has 0 bridgehead atoms. The van der Waals surface area contributed by atoms with Crippen LogP contribution in [0.25, 0.3) is 0 Å². The highest BCUT2D eigenvalue weighted by atomic mass is 35.5. The van der Waals surface area contributed by atoms with Gasteiger partial charge >= 0.3 is 12.3 Å². The van der Waals surface area contributed by atoms with Gasteiger partial charge in [0.2, 0.25) is 0 Å². The van der Waals surface area contributed by atoms with E-state index >= 15 is 0 Å². The molecule has 1 aromatic rings.